The second-order valence-electron chi connectivity index (χ2n) is 15.8. The number of hydrogen-bond donors (Lipinski definition) is 2. The van der Waals surface area contributed by atoms with Gasteiger partial charge in [-0.25, -0.2) is 4.79 Å². The molecule has 1 amide bonds. The number of allylic oxidation sites excluding steroid dienone is 3. The van der Waals surface area contributed by atoms with E-state index in [1.54, 1.807) is 5.57 Å². The van der Waals surface area contributed by atoms with Crippen LogP contribution in [-0.4, -0.2) is 36.9 Å². The molecule has 0 aromatic carbocycles. The normalized spacial score (nSPS) is 36.1. The number of alkyl carbamates (subject to hydrolysis) is 1. The fourth-order valence-electron chi connectivity index (χ4n) is 10.1. The molecule has 0 spiro atoms. The number of unbranched alkanes of at least 4 members (excludes halogenated alkanes) is 3. The molecule has 0 saturated heterocycles. The van der Waals surface area contributed by atoms with Gasteiger partial charge in [0.1, 0.15) is 6.10 Å². The van der Waals surface area contributed by atoms with Gasteiger partial charge in [0.25, 0.3) is 0 Å². The van der Waals surface area contributed by atoms with Crippen LogP contribution < -0.4 is 5.32 Å². The lowest BCUT2D eigenvalue weighted by molar-refractivity contribution is -0.0550. The highest BCUT2D eigenvalue weighted by atomic mass is 31.2. The first-order valence-electron chi connectivity index (χ1n) is 18.1. The molecule has 4 aliphatic carbocycles. The number of amides is 1. The van der Waals surface area contributed by atoms with Gasteiger partial charge in [0.15, 0.2) is 0 Å². The van der Waals surface area contributed by atoms with Gasteiger partial charge in [-0.1, -0.05) is 78.2 Å². The SMILES string of the molecule is CC[C@H](/C=C/[C@@H](C)[C@H]1CC[C@H]2C3CC=C4C[C@@H](OC(=O)NCCCCCCOP(C)(=O)O)CC[C@]4(C)[C@H]3CC[C@]12C)C(C)C. The Hall–Kier alpha value is -1.10. The van der Waals surface area contributed by atoms with Gasteiger partial charge in [0, 0.05) is 19.6 Å². The van der Waals surface area contributed by atoms with Crippen LogP contribution in [-0.2, 0) is 13.8 Å². The molecule has 0 aromatic heterocycles. The van der Waals surface area contributed by atoms with E-state index >= 15 is 0 Å². The highest BCUT2D eigenvalue weighted by Gasteiger charge is 2.59. The summed E-state index contributed by atoms with van der Waals surface area (Å²) in [6, 6.07) is 0. The lowest BCUT2D eigenvalue weighted by Crippen LogP contribution is -2.51. The number of nitrogens with one attached hydrogen (secondary N) is 1. The molecule has 0 aromatic rings. The zero-order chi connectivity index (χ0) is 32.1. The molecule has 10 atom stereocenters. The Balaban J connectivity index is 1.26. The molecule has 4 rings (SSSR count). The number of hydrogen-bond acceptors (Lipinski definition) is 4. The molecule has 44 heavy (non-hydrogen) atoms. The van der Waals surface area contributed by atoms with Crippen LogP contribution in [0.3, 0.4) is 0 Å². The minimum absolute atomic E-state index is 0.0265. The van der Waals surface area contributed by atoms with Crippen LogP contribution in [0.25, 0.3) is 0 Å². The maximum absolute atomic E-state index is 12.6. The van der Waals surface area contributed by atoms with Gasteiger partial charge >= 0.3 is 13.7 Å². The first-order valence-corrected chi connectivity index (χ1v) is 20.1. The summed E-state index contributed by atoms with van der Waals surface area (Å²) < 4.78 is 22.0. The molecule has 0 radical (unpaired) electrons. The first-order chi connectivity index (χ1) is 20.8. The van der Waals surface area contributed by atoms with Gasteiger partial charge in [0.05, 0.1) is 6.61 Å². The topological polar surface area (TPSA) is 84.9 Å². The molecule has 2 unspecified atom stereocenters. The molecule has 0 bridgehead atoms. The van der Waals surface area contributed by atoms with Crippen molar-refractivity contribution in [3.8, 4) is 0 Å². The molecule has 4 aliphatic rings. The van der Waals surface area contributed by atoms with Crippen molar-refractivity contribution in [2.45, 2.75) is 131 Å². The Morgan fingerprint density at radius 1 is 1.07 bits per heavy atom. The van der Waals surface area contributed by atoms with E-state index in [0.717, 1.165) is 68.6 Å². The van der Waals surface area contributed by atoms with Crippen molar-refractivity contribution in [2.75, 3.05) is 19.8 Å². The minimum atomic E-state index is -3.38. The fraction of sp³-hybridized carbons (Fsp3) is 0.865. The highest BCUT2D eigenvalue weighted by Crippen LogP contribution is 2.67. The number of carbonyl (C=O) groups excluding carboxylic acids is 1. The standard InChI is InChI=1S/C37H64NO5P/c1-8-28(26(2)3)14-13-27(4)32-17-18-33-31-16-15-29-25-30(19-21-36(29,5)34(31)20-22-37(32,33)6)43-35(39)38-23-11-9-10-12-24-42-44(7,40)41/h13-15,26-28,30-34H,8-12,16-25H2,1-7H3,(H,38,39)(H,40,41)/b14-13+/t27-,28-,30+,31?,32-,33+,34+,36+,37-/m1/s1. The fourth-order valence-corrected chi connectivity index (χ4v) is 10.6. The maximum atomic E-state index is 12.6. The van der Waals surface area contributed by atoms with Crippen LogP contribution in [0.2, 0.25) is 0 Å². The third-order valence-electron chi connectivity index (χ3n) is 12.7. The van der Waals surface area contributed by atoms with E-state index < -0.39 is 7.60 Å². The summed E-state index contributed by atoms with van der Waals surface area (Å²) in [6.07, 6.45) is 21.7. The van der Waals surface area contributed by atoms with Crippen LogP contribution in [0.4, 0.5) is 4.79 Å². The van der Waals surface area contributed by atoms with Crippen molar-refractivity contribution < 1.29 is 23.5 Å². The predicted octanol–water partition coefficient (Wildman–Crippen LogP) is 9.93. The second-order valence-corrected chi connectivity index (χ2v) is 17.7. The molecular weight excluding hydrogens is 569 g/mol. The summed E-state index contributed by atoms with van der Waals surface area (Å²) in [5, 5.41) is 2.94. The zero-order valence-electron chi connectivity index (χ0n) is 29.0. The van der Waals surface area contributed by atoms with Crippen LogP contribution in [0.1, 0.15) is 125 Å². The average Bonchev–Trinajstić information content (AvgIpc) is 3.31. The largest absolute Gasteiger partial charge is 0.446 e. The molecule has 6 nitrogen and oxygen atoms in total. The smallest absolute Gasteiger partial charge is 0.407 e. The highest BCUT2D eigenvalue weighted by molar-refractivity contribution is 7.51. The maximum Gasteiger partial charge on any atom is 0.407 e. The summed E-state index contributed by atoms with van der Waals surface area (Å²) >= 11 is 0. The van der Waals surface area contributed by atoms with E-state index in [2.05, 4.69) is 65.1 Å². The van der Waals surface area contributed by atoms with Crippen molar-refractivity contribution in [1.82, 2.24) is 5.32 Å². The monoisotopic (exact) mass is 633 g/mol. The summed E-state index contributed by atoms with van der Waals surface area (Å²) in [7, 11) is -3.38. The Bertz CT molecular complexity index is 1070. The lowest BCUT2D eigenvalue weighted by atomic mass is 9.47. The Kier molecular flexibility index (Phi) is 12.4. The van der Waals surface area contributed by atoms with Crippen molar-refractivity contribution >= 4 is 13.7 Å². The van der Waals surface area contributed by atoms with E-state index in [9.17, 15) is 9.36 Å². The lowest BCUT2D eigenvalue weighted by Gasteiger charge is -2.58. The molecule has 0 heterocycles. The Morgan fingerprint density at radius 3 is 2.52 bits per heavy atom. The molecule has 7 heteroatoms. The van der Waals surface area contributed by atoms with Gasteiger partial charge in [-0.2, -0.15) is 0 Å². The number of fused-ring (bicyclic) bond motifs is 5. The molecule has 0 aliphatic heterocycles. The molecule has 3 saturated carbocycles. The van der Waals surface area contributed by atoms with Crippen molar-refractivity contribution in [3.63, 3.8) is 0 Å². The average molecular weight is 634 g/mol. The van der Waals surface area contributed by atoms with Crippen LogP contribution in [0.5, 0.6) is 0 Å². The Labute approximate surface area is 269 Å². The van der Waals surface area contributed by atoms with Gasteiger partial charge in [0.2, 0.25) is 0 Å². The quantitative estimate of drug-likeness (QED) is 0.113. The van der Waals surface area contributed by atoms with E-state index in [4.69, 9.17) is 14.2 Å². The molecule has 2 N–H and O–H groups in total. The van der Waals surface area contributed by atoms with E-state index in [0.29, 0.717) is 36.3 Å². The van der Waals surface area contributed by atoms with Crippen molar-refractivity contribution in [1.29, 1.82) is 0 Å². The number of rotatable bonds is 14. The summed E-state index contributed by atoms with van der Waals surface area (Å²) in [4.78, 5) is 21.7. The van der Waals surface area contributed by atoms with Crippen LogP contribution in [0.15, 0.2) is 23.8 Å². The van der Waals surface area contributed by atoms with Crippen LogP contribution in [0, 0.1) is 52.3 Å². The number of carbonyl (C=O) groups is 1. The summed E-state index contributed by atoms with van der Waals surface area (Å²) in [6.45, 7) is 16.8. The van der Waals surface area contributed by atoms with Gasteiger partial charge in [-0.05, 0) is 116 Å². The third-order valence-corrected chi connectivity index (χ3v) is 13.4. The van der Waals surface area contributed by atoms with Crippen molar-refractivity contribution in [3.05, 3.63) is 23.8 Å². The molecule has 3 fully saturated rings. The minimum Gasteiger partial charge on any atom is -0.446 e. The van der Waals surface area contributed by atoms with Crippen LogP contribution >= 0.6 is 7.60 Å². The summed E-state index contributed by atoms with van der Waals surface area (Å²) in [5.41, 5.74) is 2.26. The van der Waals surface area contributed by atoms with Gasteiger partial charge < -0.3 is 19.5 Å². The molecular formula is C37H64NO5P. The zero-order valence-corrected chi connectivity index (χ0v) is 29.9. The third kappa shape index (κ3) is 8.43. The first kappa shape index (κ1) is 35.7. The number of ether oxygens (including phenoxy) is 1. The second kappa shape index (κ2) is 15.2. The van der Waals surface area contributed by atoms with E-state index in [1.807, 2.05) is 0 Å². The Morgan fingerprint density at radius 2 is 1.82 bits per heavy atom. The van der Waals surface area contributed by atoms with E-state index in [-0.39, 0.29) is 17.6 Å². The summed E-state index contributed by atoms with van der Waals surface area (Å²) in [5.74, 6) is 5.25. The molecule has 252 valence electrons. The van der Waals surface area contributed by atoms with Crippen molar-refractivity contribution in [2.24, 2.45) is 52.3 Å². The van der Waals surface area contributed by atoms with Gasteiger partial charge in [-0.15, -0.1) is 0 Å². The van der Waals surface area contributed by atoms with E-state index in [1.165, 1.54) is 45.2 Å². The van der Waals surface area contributed by atoms with Gasteiger partial charge in [-0.3, -0.25) is 4.57 Å². The predicted molar refractivity (Wildman–Crippen MR) is 181 cm³/mol.